The van der Waals surface area contributed by atoms with Crippen LogP contribution in [-0.4, -0.2) is 28.4 Å². The van der Waals surface area contributed by atoms with Gasteiger partial charge in [0.05, 0.1) is 28.7 Å². The normalized spacial score (nSPS) is 14.9. The van der Waals surface area contributed by atoms with Gasteiger partial charge in [0.15, 0.2) is 15.8 Å². The number of nitro groups is 1. The first-order valence-electron chi connectivity index (χ1n) is 9.86. The summed E-state index contributed by atoms with van der Waals surface area (Å²) in [6.07, 6.45) is 3.75. The molecule has 0 N–H and O–H groups in total. The van der Waals surface area contributed by atoms with Crippen molar-refractivity contribution < 1.29 is 19.2 Å². The highest BCUT2D eigenvalue weighted by molar-refractivity contribution is 8.27. The number of hydrogen-bond donors (Lipinski definition) is 0. The van der Waals surface area contributed by atoms with Crippen LogP contribution in [0.25, 0.3) is 6.08 Å². The third-order valence-electron chi connectivity index (χ3n) is 4.43. The molecule has 2 aromatic carbocycles. The van der Waals surface area contributed by atoms with Crippen LogP contribution in [0.3, 0.4) is 0 Å². The summed E-state index contributed by atoms with van der Waals surface area (Å²) in [6.45, 7) is 5.11. The van der Waals surface area contributed by atoms with E-state index in [4.69, 9.17) is 21.7 Å². The molecule has 3 rings (SSSR count). The van der Waals surface area contributed by atoms with Crippen molar-refractivity contribution in [2.45, 2.75) is 26.7 Å². The average Bonchev–Trinajstić information content (AvgIpc) is 3.03. The fourth-order valence-corrected chi connectivity index (χ4v) is 4.19. The van der Waals surface area contributed by atoms with Gasteiger partial charge in [0.25, 0.3) is 11.6 Å². The second-order valence-corrected chi connectivity index (χ2v) is 8.31. The smallest absolute Gasteiger partial charge is 0.270 e. The summed E-state index contributed by atoms with van der Waals surface area (Å²) in [4.78, 5) is 25.2. The molecule has 7 nitrogen and oxygen atoms in total. The summed E-state index contributed by atoms with van der Waals surface area (Å²) >= 11 is 6.56. The van der Waals surface area contributed by atoms with Gasteiger partial charge in [-0.15, -0.1) is 0 Å². The van der Waals surface area contributed by atoms with Crippen molar-refractivity contribution in [3.8, 4) is 11.5 Å². The maximum absolute atomic E-state index is 13.0. The Kier molecular flexibility index (Phi) is 7.64. The molecule has 1 heterocycles. The second kappa shape index (κ2) is 10.4. The number of anilines is 1. The molecule has 0 aromatic heterocycles. The first-order valence-corrected chi connectivity index (χ1v) is 11.1. The molecule has 1 saturated heterocycles. The van der Waals surface area contributed by atoms with Gasteiger partial charge in [-0.05, 0) is 49.2 Å². The van der Waals surface area contributed by atoms with Crippen LogP contribution in [-0.2, 0) is 4.79 Å². The summed E-state index contributed by atoms with van der Waals surface area (Å²) in [5.41, 5.74) is 1.23. The molecule has 0 bridgehead atoms. The molecule has 2 aromatic rings. The lowest BCUT2D eigenvalue weighted by Gasteiger charge is -2.14. The number of nitrogens with zero attached hydrogens (tertiary/aromatic N) is 2. The van der Waals surface area contributed by atoms with Gasteiger partial charge in [-0.1, -0.05) is 43.4 Å². The molecule has 0 unspecified atom stereocenters. The number of thiocarbonyl (C=S) groups is 1. The van der Waals surface area contributed by atoms with Gasteiger partial charge in [-0.25, -0.2) is 0 Å². The molecular formula is C22H22N2O5S2. The zero-order chi connectivity index (χ0) is 22.4. The van der Waals surface area contributed by atoms with Gasteiger partial charge in [0.2, 0.25) is 0 Å². The lowest BCUT2D eigenvalue weighted by Crippen LogP contribution is -2.27. The molecular weight excluding hydrogens is 436 g/mol. The Labute approximate surface area is 190 Å². The molecule has 1 aliphatic heterocycles. The number of amides is 1. The van der Waals surface area contributed by atoms with E-state index in [9.17, 15) is 14.9 Å². The quantitative estimate of drug-likeness (QED) is 0.160. The highest BCUT2D eigenvalue weighted by Gasteiger charge is 2.33. The summed E-state index contributed by atoms with van der Waals surface area (Å²) < 4.78 is 11.9. The minimum Gasteiger partial charge on any atom is -0.490 e. The van der Waals surface area contributed by atoms with E-state index in [0.29, 0.717) is 39.6 Å². The van der Waals surface area contributed by atoms with Crippen molar-refractivity contribution in [1.82, 2.24) is 0 Å². The maximum Gasteiger partial charge on any atom is 0.270 e. The summed E-state index contributed by atoms with van der Waals surface area (Å²) in [5, 5.41) is 10.9. The fourth-order valence-electron chi connectivity index (χ4n) is 2.89. The fraction of sp³-hybridized carbons (Fsp3) is 0.273. The number of non-ortho nitro benzene ring substituents is 1. The van der Waals surface area contributed by atoms with Crippen molar-refractivity contribution in [1.29, 1.82) is 0 Å². The summed E-state index contributed by atoms with van der Waals surface area (Å²) in [5.74, 6) is 1.02. The van der Waals surface area contributed by atoms with Crippen LogP contribution in [0.2, 0.25) is 0 Å². The Hall–Kier alpha value is -2.91. The van der Waals surface area contributed by atoms with Crippen molar-refractivity contribution in [2.75, 3.05) is 18.1 Å². The van der Waals surface area contributed by atoms with Gasteiger partial charge in [0.1, 0.15) is 0 Å². The Morgan fingerprint density at radius 2 is 1.87 bits per heavy atom. The number of thioether (sulfide) groups is 1. The van der Waals surface area contributed by atoms with E-state index in [1.165, 1.54) is 40.9 Å². The first kappa shape index (κ1) is 22.8. The van der Waals surface area contributed by atoms with Crippen LogP contribution < -0.4 is 14.4 Å². The molecule has 1 fully saturated rings. The second-order valence-electron chi connectivity index (χ2n) is 6.63. The molecule has 0 atom stereocenters. The summed E-state index contributed by atoms with van der Waals surface area (Å²) in [7, 11) is 0. The standard InChI is InChI=1S/C22H22N2O5S2/c1-3-5-12-29-18-11-6-15(13-19(18)28-4-2)14-20-21(25)23(22(30)31-20)16-7-9-17(10-8-16)24(26)27/h6-11,13-14H,3-5,12H2,1-2H3/b20-14+. The van der Waals surface area contributed by atoms with Crippen LogP contribution >= 0.6 is 24.0 Å². The number of carbonyl (C=O) groups excluding carboxylic acids is 1. The van der Waals surface area contributed by atoms with E-state index < -0.39 is 4.92 Å². The van der Waals surface area contributed by atoms with E-state index in [-0.39, 0.29) is 11.6 Å². The average molecular weight is 459 g/mol. The highest BCUT2D eigenvalue weighted by atomic mass is 32.2. The van der Waals surface area contributed by atoms with Gasteiger partial charge in [0, 0.05) is 12.1 Å². The Morgan fingerprint density at radius 1 is 1.13 bits per heavy atom. The lowest BCUT2D eigenvalue weighted by atomic mass is 10.1. The summed E-state index contributed by atoms with van der Waals surface area (Å²) in [6, 6.07) is 11.3. The Morgan fingerprint density at radius 3 is 2.52 bits per heavy atom. The number of unbranched alkanes of at least 4 members (excludes halogenated alkanes) is 1. The minimum absolute atomic E-state index is 0.0468. The van der Waals surface area contributed by atoms with Gasteiger partial charge in [-0.3, -0.25) is 19.8 Å². The molecule has 9 heteroatoms. The molecule has 0 spiro atoms. The SMILES string of the molecule is CCCCOc1ccc(/C=C2/SC(=S)N(c3ccc([N+](=O)[O-])cc3)C2=O)cc1OCC. The van der Waals surface area contributed by atoms with Crippen LogP contribution in [0.1, 0.15) is 32.3 Å². The largest absolute Gasteiger partial charge is 0.490 e. The molecule has 31 heavy (non-hydrogen) atoms. The van der Waals surface area contributed by atoms with E-state index in [2.05, 4.69) is 6.92 Å². The minimum atomic E-state index is -0.487. The third kappa shape index (κ3) is 5.42. The number of benzene rings is 2. The number of nitro benzene ring substituents is 1. The zero-order valence-electron chi connectivity index (χ0n) is 17.2. The van der Waals surface area contributed by atoms with E-state index in [0.717, 1.165) is 18.4 Å². The van der Waals surface area contributed by atoms with Crippen LogP contribution in [0.15, 0.2) is 47.4 Å². The number of carbonyl (C=O) groups is 1. The molecule has 1 aliphatic rings. The number of hydrogen-bond acceptors (Lipinski definition) is 7. The predicted molar refractivity (Wildman–Crippen MR) is 127 cm³/mol. The van der Waals surface area contributed by atoms with Crippen LogP contribution in [0, 0.1) is 10.1 Å². The van der Waals surface area contributed by atoms with Gasteiger partial charge in [-0.2, -0.15) is 0 Å². The lowest BCUT2D eigenvalue weighted by molar-refractivity contribution is -0.384. The first-order chi connectivity index (χ1) is 14.9. The Bertz CT molecular complexity index is 1020. The zero-order valence-corrected chi connectivity index (χ0v) is 18.8. The molecule has 0 aliphatic carbocycles. The van der Waals surface area contributed by atoms with Crippen LogP contribution in [0.5, 0.6) is 11.5 Å². The molecule has 1 amide bonds. The number of ether oxygens (including phenoxy) is 2. The van der Waals surface area contributed by atoms with Crippen LogP contribution in [0.4, 0.5) is 11.4 Å². The third-order valence-corrected chi connectivity index (χ3v) is 5.74. The monoisotopic (exact) mass is 458 g/mol. The maximum atomic E-state index is 13.0. The molecule has 0 saturated carbocycles. The van der Waals surface area contributed by atoms with Crippen molar-refractivity contribution in [3.63, 3.8) is 0 Å². The van der Waals surface area contributed by atoms with E-state index >= 15 is 0 Å². The van der Waals surface area contributed by atoms with Crippen molar-refractivity contribution >= 4 is 51.7 Å². The molecule has 162 valence electrons. The highest BCUT2D eigenvalue weighted by Crippen LogP contribution is 2.37. The topological polar surface area (TPSA) is 81.9 Å². The van der Waals surface area contributed by atoms with E-state index in [1.807, 2.05) is 25.1 Å². The van der Waals surface area contributed by atoms with E-state index in [1.54, 1.807) is 6.08 Å². The van der Waals surface area contributed by atoms with Crippen molar-refractivity contribution in [2.24, 2.45) is 0 Å². The molecule has 0 radical (unpaired) electrons. The predicted octanol–water partition coefficient (Wildman–Crippen LogP) is 5.58. The number of rotatable bonds is 9. The van der Waals surface area contributed by atoms with Crippen molar-refractivity contribution in [3.05, 3.63) is 63.0 Å². The Balaban J connectivity index is 1.83. The van der Waals surface area contributed by atoms with Gasteiger partial charge >= 0.3 is 0 Å². The van der Waals surface area contributed by atoms with Gasteiger partial charge < -0.3 is 9.47 Å².